The third kappa shape index (κ3) is 1.83. The fourth-order valence-corrected chi connectivity index (χ4v) is 2.17. The first-order valence-electron chi connectivity index (χ1n) is 4.36. The van der Waals surface area contributed by atoms with Gasteiger partial charge in [0, 0.05) is 16.9 Å². The zero-order valence-electron chi connectivity index (χ0n) is 7.50. The van der Waals surface area contributed by atoms with Gasteiger partial charge in [-0.05, 0) is 39.9 Å². The molecule has 0 amide bonds. The average molecular weight is 231 g/mol. The van der Waals surface area contributed by atoms with Gasteiger partial charge in [0.2, 0.25) is 0 Å². The van der Waals surface area contributed by atoms with Crippen molar-refractivity contribution >= 4 is 21.7 Å². The van der Waals surface area contributed by atoms with Gasteiger partial charge in [0.15, 0.2) is 0 Å². The van der Waals surface area contributed by atoms with Crippen LogP contribution in [0.25, 0.3) is 0 Å². The van der Waals surface area contributed by atoms with E-state index in [4.69, 9.17) is 21.3 Å². The van der Waals surface area contributed by atoms with Gasteiger partial charge in [-0.1, -0.05) is 0 Å². The Morgan fingerprint density at radius 2 is 2.43 bits per heavy atom. The summed E-state index contributed by atoms with van der Waals surface area (Å²) in [6.07, 6.45) is 0.889. The summed E-state index contributed by atoms with van der Waals surface area (Å²) >= 11 is 0. The Kier molecular flexibility index (Phi) is 3.18. The van der Waals surface area contributed by atoms with Crippen LogP contribution in [0, 0.1) is 0 Å². The first-order chi connectivity index (χ1) is 6.85. The molecule has 0 saturated carbocycles. The van der Waals surface area contributed by atoms with Gasteiger partial charge >= 0.3 is 0 Å². The van der Waals surface area contributed by atoms with Gasteiger partial charge in [0.1, 0.15) is 5.75 Å². The smallest absolute Gasteiger partial charge is 0.124 e. The maximum atomic E-state index is 5.68. The molecule has 1 unspecified atom stereocenters. The third-order valence-electron chi connectivity index (χ3n) is 2.31. The number of hydrazine groups is 1. The molecule has 14 heavy (non-hydrogen) atoms. The molecule has 3 nitrogen and oxygen atoms in total. The van der Waals surface area contributed by atoms with Gasteiger partial charge < -0.3 is 4.74 Å². The van der Waals surface area contributed by atoms with Gasteiger partial charge in [-0.15, -0.1) is 0 Å². The number of nitrogens with two attached hydrogens (primary N) is 1. The lowest BCUT2D eigenvalue weighted by molar-refractivity contribution is 0.253. The minimum absolute atomic E-state index is 0.169. The molecule has 5 heteroatoms. The second-order valence-corrected chi connectivity index (χ2v) is 4.22. The van der Waals surface area contributed by atoms with E-state index in [1.165, 1.54) is 11.0 Å². The van der Waals surface area contributed by atoms with Crippen molar-refractivity contribution in [2.24, 2.45) is 5.84 Å². The highest BCUT2D eigenvalue weighted by atomic mass is 35.7. The molecule has 0 saturated heterocycles. The van der Waals surface area contributed by atoms with Crippen LogP contribution in [0.1, 0.15) is 18.0 Å². The van der Waals surface area contributed by atoms with E-state index in [9.17, 15) is 0 Å². The Morgan fingerprint density at radius 3 is 3.14 bits per heavy atom. The summed E-state index contributed by atoms with van der Waals surface area (Å²) in [5.41, 5.74) is 3.87. The minimum atomic E-state index is 0.169. The summed E-state index contributed by atoms with van der Waals surface area (Å²) in [6.45, 7) is 0.704. The topological polar surface area (TPSA) is 47.3 Å². The molecule has 76 valence electrons. The van der Waals surface area contributed by atoms with Gasteiger partial charge in [-0.3, -0.25) is 11.3 Å². The van der Waals surface area contributed by atoms with Crippen molar-refractivity contribution in [3.8, 4) is 5.75 Å². The quantitative estimate of drug-likeness (QED) is 0.604. The molecule has 1 aliphatic rings. The Labute approximate surface area is 91.4 Å². The fraction of sp³-hybridized carbons (Fsp3) is 0.333. The highest BCUT2D eigenvalue weighted by Crippen LogP contribution is 2.35. The zero-order valence-corrected chi connectivity index (χ0v) is 9.07. The Balaban J connectivity index is 2.38. The average Bonchev–Trinajstić information content (AvgIpc) is 2.27. The minimum Gasteiger partial charge on any atom is -0.493 e. The largest absolute Gasteiger partial charge is 0.493 e. The van der Waals surface area contributed by atoms with E-state index in [1.54, 1.807) is 0 Å². The van der Waals surface area contributed by atoms with Gasteiger partial charge in [-0.25, -0.2) is 0 Å². The van der Waals surface area contributed by atoms with E-state index in [2.05, 4.69) is 5.43 Å². The number of halogens is 1. The summed E-state index contributed by atoms with van der Waals surface area (Å²) in [5.74, 6) is 6.36. The van der Waals surface area contributed by atoms with Gasteiger partial charge in [-0.2, -0.15) is 0 Å². The molecule has 1 aromatic carbocycles. The Hall–Kier alpha value is -0.420. The van der Waals surface area contributed by atoms with E-state index in [1.807, 2.05) is 18.2 Å². The van der Waals surface area contributed by atoms with E-state index >= 15 is 0 Å². The normalized spacial score (nSPS) is 20.0. The second kappa shape index (κ2) is 4.40. The second-order valence-electron chi connectivity index (χ2n) is 3.13. The highest BCUT2D eigenvalue weighted by molar-refractivity contribution is 8.21. The lowest BCUT2D eigenvalue weighted by Gasteiger charge is -2.25. The summed E-state index contributed by atoms with van der Waals surface area (Å²) < 4.78 is 5.51. The van der Waals surface area contributed by atoms with Crippen molar-refractivity contribution < 1.29 is 4.74 Å². The molecule has 0 aromatic heterocycles. The molecular weight excluding hydrogens is 220 g/mol. The van der Waals surface area contributed by atoms with Crippen LogP contribution < -0.4 is 16.0 Å². The summed E-state index contributed by atoms with van der Waals surface area (Å²) in [4.78, 5) is 1.01. The Morgan fingerprint density at radius 1 is 1.57 bits per heavy atom. The Bertz CT molecular complexity index is 335. The number of nitrogens with one attached hydrogen (secondary N) is 1. The first-order valence-corrected chi connectivity index (χ1v) is 6.01. The summed E-state index contributed by atoms with van der Waals surface area (Å²) in [5, 5.41) is 0. The standard InChI is InChI=1S/C9H11ClN2OS/c10-14-6-1-2-9-7(5-6)8(12-11)3-4-13-9/h1-2,5,8,12H,3-4,11H2. The van der Waals surface area contributed by atoms with Crippen molar-refractivity contribution in [2.75, 3.05) is 6.61 Å². The lowest BCUT2D eigenvalue weighted by atomic mass is 10.0. The molecule has 1 atom stereocenters. The molecule has 0 aliphatic carbocycles. The van der Waals surface area contributed by atoms with Crippen molar-refractivity contribution in [3.05, 3.63) is 23.8 Å². The molecule has 0 radical (unpaired) electrons. The van der Waals surface area contributed by atoms with Crippen molar-refractivity contribution in [1.82, 2.24) is 5.43 Å². The predicted molar refractivity (Wildman–Crippen MR) is 58.3 cm³/mol. The zero-order chi connectivity index (χ0) is 9.97. The molecule has 0 spiro atoms. The van der Waals surface area contributed by atoms with E-state index < -0.39 is 0 Å². The molecule has 3 N–H and O–H groups in total. The van der Waals surface area contributed by atoms with E-state index in [0.29, 0.717) is 6.61 Å². The monoisotopic (exact) mass is 230 g/mol. The number of hydrogen-bond donors (Lipinski definition) is 2. The maximum absolute atomic E-state index is 5.68. The molecule has 0 fully saturated rings. The number of benzene rings is 1. The molecular formula is C9H11ClN2OS. The van der Waals surface area contributed by atoms with Crippen LogP contribution in [-0.4, -0.2) is 6.61 Å². The molecule has 0 bridgehead atoms. The molecule has 1 aliphatic heterocycles. The lowest BCUT2D eigenvalue weighted by Crippen LogP contribution is -2.32. The van der Waals surface area contributed by atoms with Crippen molar-refractivity contribution in [3.63, 3.8) is 0 Å². The SMILES string of the molecule is NNC1CCOc2ccc(SCl)cc21. The van der Waals surface area contributed by atoms with Crippen LogP contribution >= 0.6 is 21.7 Å². The predicted octanol–water partition coefficient (Wildman–Crippen LogP) is 2.22. The van der Waals surface area contributed by atoms with Crippen molar-refractivity contribution in [1.29, 1.82) is 0 Å². The number of ether oxygens (including phenoxy) is 1. The summed E-state index contributed by atoms with van der Waals surface area (Å²) in [7, 11) is 6.89. The number of hydrogen-bond acceptors (Lipinski definition) is 4. The van der Waals surface area contributed by atoms with Crippen LogP contribution in [-0.2, 0) is 0 Å². The third-order valence-corrected chi connectivity index (χ3v) is 3.28. The first kappa shape index (κ1) is 10.1. The highest BCUT2D eigenvalue weighted by Gasteiger charge is 2.20. The fourth-order valence-electron chi connectivity index (χ4n) is 1.59. The maximum Gasteiger partial charge on any atom is 0.124 e. The van der Waals surface area contributed by atoms with Crippen LogP contribution in [0.15, 0.2) is 23.1 Å². The van der Waals surface area contributed by atoms with Crippen LogP contribution in [0.4, 0.5) is 0 Å². The van der Waals surface area contributed by atoms with Gasteiger partial charge in [0.25, 0.3) is 0 Å². The molecule has 1 heterocycles. The molecule has 1 aromatic rings. The summed E-state index contributed by atoms with van der Waals surface area (Å²) in [6, 6.07) is 6.05. The van der Waals surface area contributed by atoms with Crippen LogP contribution in [0.2, 0.25) is 0 Å². The van der Waals surface area contributed by atoms with E-state index in [-0.39, 0.29) is 6.04 Å². The van der Waals surface area contributed by atoms with Gasteiger partial charge in [0.05, 0.1) is 12.6 Å². The molecule has 2 rings (SSSR count). The van der Waals surface area contributed by atoms with E-state index in [0.717, 1.165) is 22.6 Å². The number of fused-ring (bicyclic) bond motifs is 1. The van der Waals surface area contributed by atoms with Crippen LogP contribution in [0.5, 0.6) is 5.75 Å². The van der Waals surface area contributed by atoms with Crippen molar-refractivity contribution in [2.45, 2.75) is 17.4 Å². The van der Waals surface area contributed by atoms with Crippen LogP contribution in [0.3, 0.4) is 0 Å². The number of rotatable bonds is 2.